The van der Waals surface area contributed by atoms with Crippen LogP contribution in [0.5, 0.6) is 0 Å². The van der Waals surface area contributed by atoms with E-state index in [0.29, 0.717) is 38.9 Å². The van der Waals surface area contributed by atoms with E-state index in [0.717, 1.165) is 6.42 Å². The van der Waals surface area contributed by atoms with Gasteiger partial charge in [-0.05, 0) is 25.7 Å². The van der Waals surface area contributed by atoms with Crippen LogP contribution in [-0.4, -0.2) is 76.7 Å². The average molecular weight is 537 g/mol. The topological polar surface area (TPSA) is 294 Å². The van der Waals surface area contributed by atoms with Crippen LogP contribution in [0.3, 0.4) is 0 Å². The van der Waals surface area contributed by atoms with Gasteiger partial charge in [-0.3, -0.25) is 24.0 Å². The molecule has 0 aromatic carbocycles. The molecule has 0 radical (unpaired) electrons. The first kappa shape index (κ1) is 37.4. The summed E-state index contributed by atoms with van der Waals surface area (Å²) in [6, 6.07) is -1.16. The lowest BCUT2D eigenvalue weighted by molar-refractivity contribution is -0.141. The number of carboxylic acids is 3. The minimum Gasteiger partial charge on any atom is -0.481 e. The third-order valence-electron chi connectivity index (χ3n) is 4.11. The summed E-state index contributed by atoms with van der Waals surface area (Å²) >= 11 is 0. The second-order valence-electron chi connectivity index (χ2n) is 7.63. The maximum Gasteiger partial charge on any atom is 0.314 e. The largest absolute Gasteiger partial charge is 0.481 e. The lowest BCUT2D eigenvalue weighted by Crippen LogP contribution is -2.40. The van der Waals surface area contributed by atoms with Gasteiger partial charge in [0.2, 0.25) is 11.8 Å². The maximum absolute atomic E-state index is 11.5. The predicted molar refractivity (Wildman–Crippen MR) is 131 cm³/mol. The molecule has 16 nitrogen and oxygen atoms in total. The molecule has 1 unspecified atom stereocenters. The Kier molecular flexibility index (Phi) is 25.3. The molecule has 214 valence electrons. The van der Waals surface area contributed by atoms with E-state index in [1.807, 2.05) is 0 Å². The highest BCUT2D eigenvalue weighted by Gasteiger charge is 2.09. The van der Waals surface area contributed by atoms with Crippen molar-refractivity contribution in [1.29, 1.82) is 0 Å². The van der Waals surface area contributed by atoms with Gasteiger partial charge in [-0.2, -0.15) is 0 Å². The zero-order valence-corrected chi connectivity index (χ0v) is 21.0. The summed E-state index contributed by atoms with van der Waals surface area (Å²) in [6.07, 6.45) is 2.93. The van der Waals surface area contributed by atoms with Gasteiger partial charge >= 0.3 is 30.0 Å². The molecule has 0 aromatic rings. The first-order chi connectivity index (χ1) is 17.2. The van der Waals surface area contributed by atoms with E-state index >= 15 is 0 Å². The van der Waals surface area contributed by atoms with Crippen molar-refractivity contribution in [2.75, 3.05) is 19.6 Å². The Bertz CT molecular complexity index is 715. The van der Waals surface area contributed by atoms with Crippen molar-refractivity contribution in [1.82, 2.24) is 16.0 Å². The summed E-state index contributed by atoms with van der Waals surface area (Å²) < 4.78 is 0. The zero-order valence-electron chi connectivity index (χ0n) is 21.0. The van der Waals surface area contributed by atoms with Crippen LogP contribution in [0, 0.1) is 5.92 Å². The van der Waals surface area contributed by atoms with Crippen LogP contribution in [0.15, 0.2) is 0 Å². The van der Waals surface area contributed by atoms with Crippen LogP contribution >= 0.6 is 0 Å². The number of amides is 6. The highest BCUT2D eigenvalue weighted by atomic mass is 16.4. The third-order valence-corrected chi connectivity index (χ3v) is 4.11. The summed E-state index contributed by atoms with van der Waals surface area (Å²) in [6.45, 7) is 2.73. The average Bonchev–Trinajstić information content (AvgIpc) is 2.75. The third kappa shape index (κ3) is 39.4. The van der Waals surface area contributed by atoms with Gasteiger partial charge in [0, 0.05) is 45.3 Å². The number of rotatable bonds is 17. The molecule has 0 fully saturated rings. The molecule has 0 aliphatic rings. The van der Waals surface area contributed by atoms with Gasteiger partial charge in [-0.25, -0.2) is 9.59 Å². The molecule has 6 amide bonds. The van der Waals surface area contributed by atoms with Crippen molar-refractivity contribution in [3.05, 3.63) is 0 Å². The van der Waals surface area contributed by atoms with Gasteiger partial charge in [-0.1, -0.05) is 13.3 Å². The number of carboxylic acid groups (broad SMARTS) is 3. The van der Waals surface area contributed by atoms with Crippen LogP contribution in [0.4, 0.5) is 9.59 Å². The number of carbonyl (C=O) groups is 7. The predicted octanol–water partition coefficient (Wildman–Crippen LogP) is -0.702. The van der Waals surface area contributed by atoms with Gasteiger partial charge in [-0.15, -0.1) is 0 Å². The fourth-order valence-electron chi connectivity index (χ4n) is 2.24. The van der Waals surface area contributed by atoms with Crippen molar-refractivity contribution in [2.45, 2.75) is 64.7 Å². The number of hydrogen-bond acceptors (Lipinski definition) is 7. The van der Waals surface area contributed by atoms with Gasteiger partial charge in [0.1, 0.15) is 0 Å². The Morgan fingerprint density at radius 3 is 1.57 bits per heavy atom. The van der Waals surface area contributed by atoms with E-state index in [9.17, 15) is 28.8 Å². The van der Waals surface area contributed by atoms with Gasteiger partial charge < -0.3 is 48.5 Å². The molecule has 16 heteroatoms. The molecule has 0 aliphatic carbocycles. The van der Waals surface area contributed by atoms with Crippen molar-refractivity contribution < 1.29 is 48.9 Å². The lowest BCUT2D eigenvalue weighted by Gasteiger charge is -2.09. The normalized spacial score (nSPS) is 10.2. The zero-order chi connectivity index (χ0) is 29.2. The highest BCUT2D eigenvalue weighted by Crippen LogP contribution is 2.06. The monoisotopic (exact) mass is 536 g/mol. The molecule has 0 heterocycles. The molecule has 0 aromatic heterocycles. The molecule has 0 rings (SSSR count). The number of unbranched alkanes of at least 4 members (excludes halogenated alkanes) is 1. The fourth-order valence-corrected chi connectivity index (χ4v) is 2.24. The molecule has 0 bridgehead atoms. The van der Waals surface area contributed by atoms with Crippen LogP contribution in [0.25, 0.3) is 0 Å². The SMILES string of the molecule is CC(CCCCNC(=O)NCCNC(=O)CCCC(N)=O)C(=O)O.NC(N)=O.O=C(O)CCCC(=O)O. The Hall–Kier alpha value is -4.11. The summed E-state index contributed by atoms with van der Waals surface area (Å²) in [5.41, 5.74) is 13.5. The van der Waals surface area contributed by atoms with E-state index < -0.39 is 29.8 Å². The molecule has 0 saturated carbocycles. The first-order valence-corrected chi connectivity index (χ1v) is 11.5. The summed E-state index contributed by atoms with van der Waals surface area (Å²) in [7, 11) is 0. The van der Waals surface area contributed by atoms with Gasteiger partial charge in [0.15, 0.2) is 0 Å². The second kappa shape index (κ2) is 25.0. The van der Waals surface area contributed by atoms with Crippen LogP contribution in [-0.2, 0) is 24.0 Å². The minimum absolute atomic E-state index is 0.0632. The quantitative estimate of drug-likeness (QED) is 0.105. The number of carbonyl (C=O) groups excluding carboxylic acids is 4. The van der Waals surface area contributed by atoms with Crippen molar-refractivity contribution in [3.63, 3.8) is 0 Å². The van der Waals surface area contributed by atoms with Crippen LogP contribution in [0.2, 0.25) is 0 Å². The number of urea groups is 2. The number of primary amides is 3. The first-order valence-electron chi connectivity index (χ1n) is 11.5. The van der Waals surface area contributed by atoms with Crippen LogP contribution in [0.1, 0.15) is 64.7 Å². The van der Waals surface area contributed by atoms with Gasteiger partial charge in [0.05, 0.1) is 5.92 Å². The number of aliphatic carboxylic acids is 3. The van der Waals surface area contributed by atoms with E-state index in [-0.39, 0.29) is 50.0 Å². The second-order valence-corrected chi connectivity index (χ2v) is 7.63. The lowest BCUT2D eigenvalue weighted by atomic mass is 10.0. The summed E-state index contributed by atoms with van der Waals surface area (Å²) in [4.78, 5) is 72.6. The maximum atomic E-state index is 11.5. The molecule has 0 spiro atoms. The number of nitrogens with two attached hydrogens (primary N) is 3. The van der Waals surface area contributed by atoms with Gasteiger partial charge in [0.25, 0.3) is 0 Å². The molecule has 1 atom stereocenters. The van der Waals surface area contributed by atoms with E-state index in [1.54, 1.807) is 6.92 Å². The fraction of sp³-hybridized carbons (Fsp3) is 0.667. The Labute approximate surface area is 214 Å². The Balaban J connectivity index is -0.000000730. The van der Waals surface area contributed by atoms with Crippen molar-refractivity contribution in [2.24, 2.45) is 23.1 Å². The number of hydrogen-bond donors (Lipinski definition) is 9. The molecule has 37 heavy (non-hydrogen) atoms. The highest BCUT2D eigenvalue weighted by molar-refractivity contribution is 5.78. The Morgan fingerprint density at radius 1 is 0.649 bits per heavy atom. The van der Waals surface area contributed by atoms with Crippen molar-refractivity contribution >= 4 is 41.8 Å². The Morgan fingerprint density at radius 2 is 1.11 bits per heavy atom. The summed E-state index contributed by atoms with van der Waals surface area (Å²) in [5.74, 6) is -3.69. The van der Waals surface area contributed by atoms with E-state index in [1.165, 1.54) is 0 Å². The van der Waals surface area contributed by atoms with Crippen molar-refractivity contribution in [3.8, 4) is 0 Å². The smallest absolute Gasteiger partial charge is 0.314 e. The van der Waals surface area contributed by atoms with E-state index in [2.05, 4.69) is 27.4 Å². The van der Waals surface area contributed by atoms with E-state index in [4.69, 9.17) is 25.8 Å². The molecular weight excluding hydrogens is 496 g/mol. The molecule has 0 aliphatic heterocycles. The molecule has 0 saturated heterocycles. The molecule has 12 N–H and O–H groups in total. The summed E-state index contributed by atoms with van der Waals surface area (Å²) in [5, 5.41) is 32.7. The van der Waals surface area contributed by atoms with Crippen LogP contribution < -0.4 is 33.2 Å². The molecular formula is C21H40N6O10. The number of nitrogens with one attached hydrogen (secondary N) is 3. The standard InChI is InChI=1S/C15H28N4O5.C5H8O4.CH4N2O/c1-11(14(22)23)5-2-3-8-18-15(24)19-10-9-17-13(21)7-4-6-12(16)20;6-4(7)2-1-3-5(8)9;2-1(3)4/h11H,2-10H2,1H3,(H2,16,20)(H,17,21)(H,22,23)(H2,18,19,24);1-3H2,(H,6,7)(H,8,9);(H4,2,3,4). The minimum atomic E-state index is -0.948.